The first-order chi connectivity index (χ1) is 13.8. The fourth-order valence-corrected chi connectivity index (χ4v) is 4.92. The molecule has 1 fully saturated rings. The van der Waals surface area contributed by atoms with Crippen molar-refractivity contribution in [1.82, 2.24) is 15.5 Å². The minimum atomic E-state index is -1.27. The van der Waals surface area contributed by atoms with Gasteiger partial charge in [-0.15, -0.1) is 11.8 Å². The van der Waals surface area contributed by atoms with E-state index in [1.807, 2.05) is 13.8 Å². The average molecular weight is 445 g/mol. The number of amides is 2. The number of carboxylic acids is 1. The van der Waals surface area contributed by atoms with Gasteiger partial charge >= 0.3 is 11.9 Å². The second-order valence-corrected chi connectivity index (χ2v) is 8.16. The van der Waals surface area contributed by atoms with E-state index in [9.17, 15) is 24.3 Å². The first-order valence-corrected chi connectivity index (χ1v) is 11.1. The van der Waals surface area contributed by atoms with Crippen LogP contribution in [0.25, 0.3) is 0 Å². The zero-order valence-electron chi connectivity index (χ0n) is 16.4. The van der Waals surface area contributed by atoms with Crippen LogP contribution in [0.4, 0.5) is 0 Å². The summed E-state index contributed by atoms with van der Waals surface area (Å²) in [5, 5.41) is 15.4. The number of fused-ring (bicyclic) bond motifs is 1. The van der Waals surface area contributed by atoms with Gasteiger partial charge in [-0.05, 0) is 13.8 Å². The predicted molar refractivity (Wildman–Crippen MR) is 110 cm³/mol. The first-order valence-electron chi connectivity index (χ1n) is 9.03. The lowest BCUT2D eigenvalue weighted by Gasteiger charge is -2.49. The lowest BCUT2D eigenvalue weighted by molar-refractivity contribution is -0.150. The molecule has 10 nitrogen and oxygen atoms in total. The molecule has 2 unspecified atom stereocenters. The number of esters is 1. The van der Waals surface area contributed by atoms with Crippen molar-refractivity contribution in [3.8, 4) is 0 Å². The van der Waals surface area contributed by atoms with E-state index in [-0.39, 0.29) is 29.7 Å². The topological polar surface area (TPSA) is 137 Å². The molecule has 29 heavy (non-hydrogen) atoms. The number of carbonyl (C=O) groups excluding carboxylic acids is 3. The maximum absolute atomic E-state index is 12.5. The number of carboxylic acid groups (broad SMARTS) is 1. The second-order valence-electron chi connectivity index (χ2n) is 6.09. The summed E-state index contributed by atoms with van der Waals surface area (Å²) in [6.45, 7) is 6.14. The Balaban J connectivity index is 1.99. The summed E-state index contributed by atoms with van der Waals surface area (Å²) >= 11 is 2.57. The van der Waals surface area contributed by atoms with Gasteiger partial charge in [-0.2, -0.15) is 0 Å². The van der Waals surface area contributed by atoms with Gasteiger partial charge in [0.1, 0.15) is 23.7 Å². The molecule has 0 aromatic heterocycles. The quantitative estimate of drug-likeness (QED) is 0.204. The largest absolute Gasteiger partial charge is 0.477 e. The number of rotatable bonds is 8. The third-order valence-electron chi connectivity index (χ3n) is 3.99. The summed E-state index contributed by atoms with van der Waals surface area (Å²) in [5.74, 6) is -2.24. The molecule has 2 aliphatic heterocycles. The zero-order chi connectivity index (χ0) is 21.6. The number of nitrogens with zero attached hydrogens (tertiary/aromatic N) is 2. The number of hydrogen-bond donors (Lipinski definition) is 3. The maximum atomic E-state index is 12.5. The zero-order valence-corrected chi connectivity index (χ0v) is 18.0. The van der Waals surface area contributed by atoms with E-state index in [1.165, 1.54) is 30.4 Å². The van der Waals surface area contributed by atoms with Crippen molar-refractivity contribution >= 4 is 52.4 Å². The Bertz CT molecular complexity index is 754. The predicted octanol–water partition coefficient (Wildman–Crippen LogP) is 0.00670. The Morgan fingerprint density at radius 2 is 2.10 bits per heavy atom. The van der Waals surface area contributed by atoms with Crippen molar-refractivity contribution in [3.05, 3.63) is 11.3 Å². The van der Waals surface area contributed by atoms with Crippen LogP contribution < -0.4 is 10.6 Å². The van der Waals surface area contributed by atoms with Crippen molar-refractivity contribution in [1.29, 1.82) is 0 Å². The van der Waals surface area contributed by atoms with Crippen molar-refractivity contribution in [2.45, 2.75) is 32.2 Å². The Hall–Kier alpha value is -2.21. The molecule has 0 spiro atoms. The van der Waals surface area contributed by atoms with Crippen LogP contribution in [0.3, 0.4) is 0 Å². The fourth-order valence-electron chi connectivity index (χ4n) is 2.78. The Morgan fingerprint density at radius 1 is 1.38 bits per heavy atom. The lowest BCUT2D eigenvalue weighted by atomic mass is 10.0. The van der Waals surface area contributed by atoms with Crippen LogP contribution in [-0.2, 0) is 23.9 Å². The van der Waals surface area contributed by atoms with E-state index in [4.69, 9.17) is 4.74 Å². The molecule has 12 heteroatoms. The van der Waals surface area contributed by atoms with Crippen LogP contribution in [0.1, 0.15) is 20.8 Å². The van der Waals surface area contributed by atoms with Gasteiger partial charge in [0.15, 0.2) is 5.17 Å². The van der Waals surface area contributed by atoms with Crippen LogP contribution in [0, 0.1) is 0 Å². The van der Waals surface area contributed by atoms with E-state index in [2.05, 4.69) is 15.6 Å². The number of aliphatic imine (C=N–C) groups is 1. The van der Waals surface area contributed by atoms with Crippen molar-refractivity contribution in [2.24, 2.45) is 4.99 Å². The molecule has 0 radical (unpaired) electrons. The molecule has 0 aromatic carbocycles. The first kappa shape index (κ1) is 23.1. The number of hydrogen-bond acceptors (Lipinski definition) is 8. The number of aliphatic carboxylic acids is 1. The van der Waals surface area contributed by atoms with E-state index in [1.54, 1.807) is 0 Å². The summed E-state index contributed by atoms with van der Waals surface area (Å²) < 4.78 is 4.89. The molecule has 2 heterocycles. The van der Waals surface area contributed by atoms with E-state index >= 15 is 0 Å². The van der Waals surface area contributed by atoms with Gasteiger partial charge in [-0.1, -0.05) is 11.8 Å². The van der Waals surface area contributed by atoms with Gasteiger partial charge in [0, 0.05) is 31.3 Å². The molecule has 2 amide bonds. The molecule has 2 aliphatic rings. The van der Waals surface area contributed by atoms with Gasteiger partial charge < -0.3 is 20.5 Å². The van der Waals surface area contributed by atoms with Crippen molar-refractivity contribution < 1.29 is 29.0 Å². The molecule has 0 bridgehead atoms. The number of amidine groups is 1. The molecular weight excluding hydrogens is 420 g/mol. The number of β-lactam (4-membered cyclic amide) rings is 1. The average Bonchev–Trinajstić information content (AvgIpc) is 2.67. The number of nitrogens with one attached hydrogen (secondary N) is 2. The van der Waals surface area contributed by atoms with Crippen molar-refractivity contribution in [3.63, 3.8) is 0 Å². The highest BCUT2D eigenvalue weighted by atomic mass is 32.2. The number of ether oxygens (including phenoxy) is 1. The summed E-state index contributed by atoms with van der Waals surface area (Å²) in [4.78, 5) is 52.8. The summed E-state index contributed by atoms with van der Waals surface area (Å²) in [7, 11) is 0. The highest BCUT2D eigenvalue weighted by molar-refractivity contribution is 8.14. The molecule has 1 saturated heterocycles. The maximum Gasteiger partial charge on any atom is 0.352 e. The Kier molecular flexibility index (Phi) is 8.38. The highest BCUT2D eigenvalue weighted by Crippen LogP contribution is 2.40. The smallest absolute Gasteiger partial charge is 0.352 e. The van der Waals surface area contributed by atoms with E-state index < -0.39 is 29.3 Å². The minimum absolute atomic E-state index is 0.0896. The third-order valence-corrected chi connectivity index (χ3v) is 6.28. The molecule has 3 N–H and O–H groups in total. The molecule has 160 valence electrons. The van der Waals surface area contributed by atoms with Crippen LogP contribution >= 0.6 is 23.5 Å². The monoisotopic (exact) mass is 444 g/mol. The van der Waals surface area contributed by atoms with Gasteiger partial charge in [0.05, 0.1) is 5.75 Å². The van der Waals surface area contributed by atoms with Crippen LogP contribution in [0.5, 0.6) is 0 Å². The lowest BCUT2D eigenvalue weighted by Crippen LogP contribution is -2.70. The molecule has 0 aliphatic carbocycles. The number of thioether (sulfide) groups is 2. The van der Waals surface area contributed by atoms with Crippen LogP contribution in [-0.4, -0.2) is 81.5 Å². The van der Waals surface area contributed by atoms with Gasteiger partial charge in [0.25, 0.3) is 5.91 Å². The van der Waals surface area contributed by atoms with Gasteiger partial charge in [-0.3, -0.25) is 24.3 Å². The van der Waals surface area contributed by atoms with Gasteiger partial charge in [-0.25, -0.2) is 4.79 Å². The normalized spacial score (nSPS) is 21.3. The third kappa shape index (κ3) is 5.66. The molecular formula is C17H24N4O6S2. The van der Waals surface area contributed by atoms with Crippen molar-refractivity contribution in [2.75, 3.05) is 31.2 Å². The van der Waals surface area contributed by atoms with Gasteiger partial charge in [0.2, 0.25) is 5.91 Å². The van der Waals surface area contributed by atoms with E-state index in [0.29, 0.717) is 23.8 Å². The summed E-state index contributed by atoms with van der Waals surface area (Å²) in [5.41, 5.74) is 0.179. The second kappa shape index (κ2) is 10.5. The molecule has 2 atom stereocenters. The highest BCUT2D eigenvalue weighted by Gasteiger charge is 2.54. The van der Waals surface area contributed by atoms with Crippen LogP contribution in [0.15, 0.2) is 16.3 Å². The standard InChI is InChI=1S/C17H24N4O6S2/c1-4-18-17(19-5-2)29-8-11(23)20-12-14(24)21-13(16(25)26)10(6-27-9(3)22)7-28-15(12)21/h12,15H,4-8H2,1-3H3,(H,18,19)(H,20,23)(H,25,26). The Morgan fingerprint density at radius 3 is 2.69 bits per heavy atom. The molecule has 0 saturated carbocycles. The SMILES string of the molecule is CCN=C(NCC)SCC(=O)NC1C(=O)N2C(C(=O)O)=C(COC(C)=O)CSC12. The number of carbonyl (C=O) groups is 4. The molecule has 0 aromatic rings. The molecule has 2 rings (SSSR count). The Labute approximate surface area is 176 Å². The summed E-state index contributed by atoms with van der Waals surface area (Å²) in [6, 6.07) is -0.788. The van der Waals surface area contributed by atoms with E-state index in [0.717, 1.165) is 4.90 Å². The summed E-state index contributed by atoms with van der Waals surface area (Å²) in [6.07, 6.45) is 0. The van der Waals surface area contributed by atoms with Crippen LogP contribution in [0.2, 0.25) is 0 Å². The fraction of sp³-hybridized carbons (Fsp3) is 0.588. The minimum Gasteiger partial charge on any atom is -0.477 e.